The van der Waals surface area contributed by atoms with E-state index >= 15 is 0 Å². The zero-order chi connectivity index (χ0) is 12.9. The molecule has 0 aromatic carbocycles. The Morgan fingerprint density at radius 2 is 2.12 bits per heavy atom. The van der Waals surface area contributed by atoms with E-state index in [4.69, 9.17) is 11.5 Å². The predicted molar refractivity (Wildman–Crippen MR) is 66.4 cm³/mol. The van der Waals surface area contributed by atoms with Gasteiger partial charge in [0, 0.05) is 26.7 Å². The normalized spacial score (nSPS) is 16.4. The predicted octanol–water partition coefficient (Wildman–Crippen LogP) is -0.109. The van der Waals surface area contributed by atoms with Gasteiger partial charge in [0.25, 0.3) is 10.2 Å². The molecule has 0 saturated heterocycles. The Labute approximate surface area is 104 Å². The highest BCUT2D eigenvalue weighted by molar-refractivity contribution is 7.86. The van der Waals surface area contributed by atoms with E-state index in [1.54, 1.807) is 0 Å². The molecule has 0 radical (unpaired) electrons. The van der Waals surface area contributed by atoms with Crippen LogP contribution in [0.1, 0.15) is 19.3 Å². The Morgan fingerprint density at radius 3 is 2.59 bits per heavy atom. The van der Waals surface area contributed by atoms with Gasteiger partial charge in [0.1, 0.15) is 0 Å². The van der Waals surface area contributed by atoms with Crippen LogP contribution in [0.15, 0.2) is 0 Å². The number of aliphatic hydroxyl groups excluding tert-OH is 1. The molecule has 1 aliphatic carbocycles. The Morgan fingerprint density at radius 1 is 1.47 bits per heavy atom. The summed E-state index contributed by atoms with van der Waals surface area (Å²) in [6, 6.07) is 0. The van der Waals surface area contributed by atoms with E-state index < -0.39 is 10.2 Å². The fraction of sp³-hybridized carbons (Fsp3) is 0.818. The summed E-state index contributed by atoms with van der Waals surface area (Å²) in [6.45, 7) is 0.917. The van der Waals surface area contributed by atoms with Crippen molar-refractivity contribution >= 4 is 10.2 Å². The summed E-state index contributed by atoms with van der Waals surface area (Å²) in [5.74, 6) is 2.85. The van der Waals surface area contributed by atoms with Crippen LogP contribution < -0.4 is 0 Å². The van der Waals surface area contributed by atoms with Crippen LogP contribution in [0.5, 0.6) is 0 Å². The zero-order valence-corrected chi connectivity index (χ0v) is 11.0. The Balaban J connectivity index is 2.64. The molecule has 1 N–H and O–H groups in total. The van der Waals surface area contributed by atoms with Crippen LogP contribution in [0.25, 0.3) is 0 Å². The molecule has 0 aliphatic heterocycles. The van der Waals surface area contributed by atoms with Crippen LogP contribution in [0, 0.1) is 18.3 Å². The molecule has 6 heteroatoms. The van der Waals surface area contributed by atoms with Crippen LogP contribution in [0.4, 0.5) is 0 Å². The summed E-state index contributed by atoms with van der Waals surface area (Å²) >= 11 is 0. The lowest BCUT2D eigenvalue weighted by atomic mass is 10.4. The van der Waals surface area contributed by atoms with Crippen LogP contribution in [-0.4, -0.2) is 55.4 Å². The van der Waals surface area contributed by atoms with Gasteiger partial charge >= 0.3 is 0 Å². The van der Waals surface area contributed by atoms with Crippen LogP contribution >= 0.6 is 0 Å². The summed E-state index contributed by atoms with van der Waals surface area (Å²) in [5.41, 5.74) is 0. The molecule has 0 amide bonds. The first-order valence-corrected chi connectivity index (χ1v) is 7.17. The first kappa shape index (κ1) is 14.5. The highest BCUT2D eigenvalue weighted by atomic mass is 32.2. The maximum atomic E-state index is 12.2. The summed E-state index contributed by atoms with van der Waals surface area (Å²) in [7, 11) is -1.96. The van der Waals surface area contributed by atoms with Crippen LogP contribution in [0.3, 0.4) is 0 Å². The van der Waals surface area contributed by atoms with Gasteiger partial charge < -0.3 is 5.11 Å². The highest BCUT2D eigenvalue weighted by Crippen LogP contribution is 2.30. The summed E-state index contributed by atoms with van der Waals surface area (Å²) in [5, 5.41) is 8.71. The molecule has 1 fully saturated rings. The van der Waals surface area contributed by atoms with E-state index in [0.29, 0.717) is 25.4 Å². The van der Waals surface area contributed by atoms with Crippen molar-refractivity contribution in [3.8, 4) is 12.3 Å². The number of nitrogens with zero attached hydrogens (tertiary/aromatic N) is 2. The third-order valence-electron chi connectivity index (χ3n) is 2.78. The minimum atomic E-state index is -3.48. The maximum absolute atomic E-state index is 12.2. The summed E-state index contributed by atoms with van der Waals surface area (Å²) < 4.78 is 26.9. The van der Waals surface area contributed by atoms with Crippen molar-refractivity contribution in [2.24, 2.45) is 5.92 Å². The van der Waals surface area contributed by atoms with Crippen molar-refractivity contribution < 1.29 is 13.5 Å². The molecule has 5 nitrogen and oxygen atoms in total. The SMILES string of the molecule is C#CCN(CC1CC1)S(=O)(=O)N(C)CCCO. The molecular formula is C11H20N2O3S. The highest BCUT2D eigenvalue weighted by Gasteiger charge is 2.32. The monoisotopic (exact) mass is 260 g/mol. The van der Waals surface area contributed by atoms with Gasteiger partial charge in [-0.2, -0.15) is 17.0 Å². The van der Waals surface area contributed by atoms with Gasteiger partial charge in [-0.25, -0.2) is 0 Å². The Kier molecular flexibility index (Phi) is 5.40. The molecule has 1 aliphatic rings. The topological polar surface area (TPSA) is 60.9 Å². The number of terminal acetylenes is 1. The minimum absolute atomic E-state index is 0.0162. The molecule has 1 saturated carbocycles. The second-order valence-electron chi connectivity index (χ2n) is 4.35. The summed E-state index contributed by atoms with van der Waals surface area (Å²) in [4.78, 5) is 0. The van der Waals surface area contributed by atoms with Crippen molar-refractivity contribution in [2.75, 3.05) is 33.3 Å². The molecule has 0 unspecified atom stereocenters. The van der Waals surface area contributed by atoms with E-state index in [0.717, 1.165) is 12.8 Å². The van der Waals surface area contributed by atoms with E-state index in [-0.39, 0.29) is 13.2 Å². The van der Waals surface area contributed by atoms with E-state index in [1.165, 1.54) is 15.7 Å². The molecule has 0 heterocycles. The van der Waals surface area contributed by atoms with Crippen LogP contribution in [-0.2, 0) is 10.2 Å². The Bertz CT molecular complexity index is 371. The molecule has 0 bridgehead atoms. The van der Waals surface area contributed by atoms with Crippen molar-refractivity contribution in [3.05, 3.63) is 0 Å². The first-order valence-electron chi connectivity index (χ1n) is 5.78. The van der Waals surface area contributed by atoms with Gasteiger partial charge in [-0.15, -0.1) is 6.42 Å². The molecule has 1 rings (SSSR count). The van der Waals surface area contributed by atoms with Crippen LogP contribution in [0.2, 0.25) is 0 Å². The second kappa shape index (κ2) is 6.36. The van der Waals surface area contributed by atoms with Gasteiger partial charge in [0.2, 0.25) is 0 Å². The fourth-order valence-corrected chi connectivity index (χ4v) is 2.93. The summed E-state index contributed by atoms with van der Waals surface area (Å²) in [6.07, 6.45) is 7.80. The lowest BCUT2D eigenvalue weighted by molar-refractivity contribution is 0.271. The lowest BCUT2D eigenvalue weighted by Crippen LogP contribution is -2.43. The number of hydrogen-bond acceptors (Lipinski definition) is 3. The average Bonchev–Trinajstić information content (AvgIpc) is 3.09. The van der Waals surface area contributed by atoms with Gasteiger partial charge in [-0.05, 0) is 25.2 Å². The lowest BCUT2D eigenvalue weighted by Gasteiger charge is -2.25. The quantitative estimate of drug-likeness (QED) is 0.620. The van der Waals surface area contributed by atoms with Crippen molar-refractivity contribution in [2.45, 2.75) is 19.3 Å². The molecule has 0 spiro atoms. The Hall–Kier alpha value is -0.610. The number of rotatable bonds is 8. The average molecular weight is 260 g/mol. The largest absolute Gasteiger partial charge is 0.396 e. The standard InChI is InChI=1S/C11H20N2O3S/c1-3-7-13(10-11-5-6-11)17(15,16)12(2)8-4-9-14/h1,11,14H,4-10H2,2H3. The van der Waals surface area contributed by atoms with E-state index in [2.05, 4.69) is 5.92 Å². The number of hydrogen-bond donors (Lipinski definition) is 1. The first-order chi connectivity index (χ1) is 8.02. The minimum Gasteiger partial charge on any atom is -0.396 e. The van der Waals surface area contributed by atoms with Crippen molar-refractivity contribution in [1.29, 1.82) is 0 Å². The van der Waals surface area contributed by atoms with E-state index in [9.17, 15) is 8.42 Å². The van der Waals surface area contributed by atoms with Crippen molar-refractivity contribution in [3.63, 3.8) is 0 Å². The molecule has 17 heavy (non-hydrogen) atoms. The fourth-order valence-electron chi connectivity index (χ4n) is 1.54. The molecule has 98 valence electrons. The van der Waals surface area contributed by atoms with E-state index in [1.807, 2.05) is 0 Å². The third kappa shape index (κ3) is 4.28. The maximum Gasteiger partial charge on any atom is 0.282 e. The third-order valence-corrected chi connectivity index (χ3v) is 4.68. The zero-order valence-electron chi connectivity index (χ0n) is 10.2. The van der Waals surface area contributed by atoms with Gasteiger partial charge in [-0.3, -0.25) is 0 Å². The van der Waals surface area contributed by atoms with Gasteiger partial charge in [-0.1, -0.05) is 5.92 Å². The molecule has 0 aromatic rings. The second-order valence-corrected chi connectivity index (χ2v) is 6.38. The molecular weight excluding hydrogens is 240 g/mol. The molecule has 0 atom stereocenters. The van der Waals surface area contributed by atoms with Crippen molar-refractivity contribution in [1.82, 2.24) is 8.61 Å². The number of aliphatic hydroxyl groups is 1. The van der Waals surface area contributed by atoms with Gasteiger partial charge in [0.05, 0.1) is 6.54 Å². The smallest absolute Gasteiger partial charge is 0.282 e. The molecule has 0 aromatic heterocycles. The van der Waals surface area contributed by atoms with Gasteiger partial charge in [0.15, 0.2) is 0 Å².